The Labute approximate surface area is 171 Å². The molecular weight excluding hydrogens is 392 g/mol. The molecule has 1 aromatic heterocycles. The van der Waals surface area contributed by atoms with E-state index in [9.17, 15) is 4.79 Å². The van der Waals surface area contributed by atoms with E-state index in [-0.39, 0.29) is 5.91 Å². The quantitative estimate of drug-likeness (QED) is 0.597. The van der Waals surface area contributed by atoms with Crippen molar-refractivity contribution in [2.45, 2.75) is 0 Å². The summed E-state index contributed by atoms with van der Waals surface area (Å²) in [7, 11) is 1.76. The number of para-hydroxylation sites is 1. The maximum atomic E-state index is 12.8. The highest BCUT2D eigenvalue weighted by Gasteiger charge is 2.31. The van der Waals surface area contributed by atoms with E-state index in [1.54, 1.807) is 22.7 Å². The maximum Gasteiger partial charge on any atom is 0.279 e. The molecule has 0 saturated heterocycles. The number of likely N-dealkylation sites (N-methyl/N-ethyl adjacent to an activating group) is 1. The van der Waals surface area contributed by atoms with Crippen LogP contribution >= 0.6 is 22.9 Å². The largest absolute Gasteiger partial charge is 0.309 e. The van der Waals surface area contributed by atoms with Gasteiger partial charge in [-0.05, 0) is 18.2 Å². The molecule has 7 heteroatoms. The minimum atomic E-state index is -0.142. The predicted octanol–water partition coefficient (Wildman–Crippen LogP) is 4.19. The van der Waals surface area contributed by atoms with Crippen molar-refractivity contribution in [3.05, 3.63) is 82.0 Å². The number of hydrogen-bond acceptors (Lipinski definition) is 4. The summed E-state index contributed by atoms with van der Waals surface area (Å²) in [5, 5.41) is 7.37. The van der Waals surface area contributed by atoms with E-state index in [1.165, 1.54) is 11.3 Å². The van der Waals surface area contributed by atoms with Crippen molar-refractivity contribution in [2.24, 2.45) is 10.1 Å². The number of aromatic nitrogens is 1. The summed E-state index contributed by atoms with van der Waals surface area (Å²) in [6.07, 6.45) is 1.73. The highest BCUT2D eigenvalue weighted by Crippen LogP contribution is 2.29. The first-order chi connectivity index (χ1) is 13.6. The predicted molar refractivity (Wildman–Crippen MR) is 115 cm³/mol. The summed E-state index contributed by atoms with van der Waals surface area (Å²) in [6.45, 7) is 4.19. The zero-order chi connectivity index (χ0) is 19.7. The third-order valence-corrected chi connectivity index (χ3v) is 5.51. The van der Waals surface area contributed by atoms with Crippen LogP contribution in [0.5, 0.6) is 0 Å². The van der Waals surface area contributed by atoms with Crippen LogP contribution in [-0.2, 0) is 4.79 Å². The van der Waals surface area contributed by atoms with Crippen molar-refractivity contribution in [2.75, 3.05) is 18.5 Å². The lowest BCUT2D eigenvalue weighted by atomic mass is 10.1. The average molecular weight is 409 g/mol. The van der Waals surface area contributed by atoms with Gasteiger partial charge >= 0.3 is 0 Å². The Morgan fingerprint density at radius 1 is 1.18 bits per heavy atom. The zero-order valence-electron chi connectivity index (χ0n) is 15.2. The molecular formula is C21H17ClN4OS. The van der Waals surface area contributed by atoms with E-state index in [0.717, 1.165) is 22.5 Å². The molecule has 1 aliphatic heterocycles. The number of halogens is 1. The van der Waals surface area contributed by atoms with Crippen LogP contribution < -0.4 is 9.70 Å². The molecule has 0 fully saturated rings. The van der Waals surface area contributed by atoms with Gasteiger partial charge in [-0.25, -0.2) is 4.68 Å². The molecule has 28 heavy (non-hydrogen) atoms. The molecule has 140 valence electrons. The van der Waals surface area contributed by atoms with E-state index in [0.29, 0.717) is 22.1 Å². The summed E-state index contributed by atoms with van der Waals surface area (Å²) in [5.74, 6) is -0.142. The summed E-state index contributed by atoms with van der Waals surface area (Å²) in [5.41, 5.74) is 3.84. The number of hydrogen-bond donors (Lipinski definition) is 0. The molecule has 1 amide bonds. The van der Waals surface area contributed by atoms with Crippen LogP contribution in [0.25, 0.3) is 11.3 Å². The summed E-state index contributed by atoms with van der Waals surface area (Å²) in [6, 6.07) is 15.1. The van der Waals surface area contributed by atoms with Crippen LogP contribution in [0, 0.1) is 0 Å². The van der Waals surface area contributed by atoms with Crippen molar-refractivity contribution in [3.8, 4) is 11.3 Å². The fraction of sp³-hybridized carbons (Fsp3) is 0.0952. The average Bonchev–Trinajstić information content (AvgIpc) is 3.22. The van der Waals surface area contributed by atoms with E-state index in [4.69, 9.17) is 16.7 Å². The number of benzene rings is 2. The SMILES string of the molecule is C=CCN=c1scc(-c2ccc(Cl)cc2)n1N=C1C(=O)N(C)c2ccccc21. The standard InChI is InChI=1S/C21H17ClN4OS/c1-3-12-23-21-26(18(13-28-21)14-8-10-15(22)11-9-14)24-19-16-6-4-5-7-17(16)25(2)20(19)27/h3-11,13H,1,12H2,2H3. The highest BCUT2D eigenvalue weighted by atomic mass is 35.5. The first kappa shape index (κ1) is 18.4. The third kappa shape index (κ3) is 3.21. The lowest BCUT2D eigenvalue weighted by Gasteiger charge is -2.07. The lowest BCUT2D eigenvalue weighted by molar-refractivity contribution is -0.112. The van der Waals surface area contributed by atoms with E-state index >= 15 is 0 Å². The molecule has 1 aliphatic rings. The molecule has 0 radical (unpaired) electrons. The van der Waals surface area contributed by atoms with Gasteiger partial charge in [-0.2, -0.15) is 5.10 Å². The zero-order valence-corrected chi connectivity index (χ0v) is 16.7. The third-order valence-electron chi connectivity index (χ3n) is 4.41. The number of thiazole rings is 1. The van der Waals surface area contributed by atoms with E-state index in [1.807, 2.05) is 53.9 Å². The fourth-order valence-corrected chi connectivity index (χ4v) is 3.98. The molecule has 0 spiro atoms. The Morgan fingerprint density at radius 2 is 1.93 bits per heavy atom. The second kappa shape index (κ2) is 7.58. The van der Waals surface area contributed by atoms with Gasteiger partial charge in [0.05, 0.1) is 17.9 Å². The normalized spacial score (nSPS) is 15.4. The Kier molecular flexibility index (Phi) is 4.98. The van der Waals surface area contributed by atoms with Crippen LogP contribution in [0.15, 0.2) is 76.7 Å². The van der Waals surface area contributed by atoms with Crippen molar-refractivity contribution in [1.29, 1.82) is 0 Å². The van der Waals surface area contributed by atoms with Crippen molar-refractivity contribution in [3.63, 3.8) is 0 Å². The minimum Gasteiger partial charge on any atom is -0.309 e. The molecule has 0 N–H and O–H groups in total. The number of carbonyl (C=O) groups excluding carboxylic acids is 1. The molecule has 0 bridgehead atoms. The summed E-state index contributed by atoms with van der Waals surface area (Å²) < 4.78 is 1.72. The molecule has 3 aromatic rings. The van der Waals surface area contributed by atoms with Crippen LogP contribution in [0.2, 0.25) is 5.02 Å². The number of anilines is 1. The first-order valence-electron chi connectivity index (χ1n) is 8.64. The van der Waals surface area contributed by atoms with Gasteiger partial charge in [0.1, 0.15) is 0 Å². The fourth-order valence-electron chi connectivity index (χ4n) is 3.01. The first-order valence-corrected chi connectivity index (χ1v) is 9.90. The number of nitrogens with zero attached hydrogens (tertiary/aromatic N) is 4. The van der Waals surface area contributed by atoms with Gasteiger partial charge in [-0.1, -0.05) is 48.0 Å². The summed E-state index contributed by atoms with van der Waals surface area (Å²) in [4.78, 5) is 19.7. The van der Waals surface area contributed by atoms with E-state index < -0.39 is 0 Å². The number of fused-ring (bicyclic) bond motifs is 1. The number of carbonyl (C=O) groups is 1. The topological polar surface area (TPSA) is 50.0 Å². The van der Waals surface area contributed by atoms with Gasteiger partial charge < -0.3 is 4.90 Å². The van der Waals surface area contributed by atoms with Gasteiger partial charge in [-0.3, -0.25) is 9.79 Å². The molecule has 2 aromatic carbocycles. The Bertz CT molecular complexity index is 1160. The molecule has 0 saturated carbocycles. The Balaban J connectivity index is 1.93. The molecule has 4 rings (SSSR count). The maximum absolute atomic E-state index is 12.8. The van der Waals surface area contributed by atoms with Crippen LogP contribution in [0.4, 0.5) is 5.69 Å². The minimum absolute atomic E-state index is 0.142. The van der Waals surface area contributed by atoms with Gasteiger partial charge in [-0.15, -0.1) is 17.9 Å². The van der Waals surface area contributed by atoms with Crippen LogP contribution in [-0.4, -0.2) is 29.9 Å². The van der Waals surface area contributed by atoms with E-state index in [2.05, 4.69) is 11.6 Å². The van der Waals surface area contributed by atoms with Crippen LogP contribution in [0.3, 0.4) is 0 Å². The van der Waals surface area contributed by atoms with Crippen LogP contribution in [0.1, 0.15) is 5.56 Å². The number of rotatable bonds is 4. The summed E-state index contributed by atoms with van der Waals surface area (Å²) >= 11 is 7.50. The van der Waals surface area contributed by atoms with Crippen molar-refractivity contribution in [1.82, 2.24) is 4.68 Å². The molecule has 2 heterocycles. The van der Waals surface area contributed by atoms with Crippen molar-refractivity contribution < 1.29 is 4.79 Å². The lowest BCUT2D eigenvalue weighted by Crippen LogP contribution is -2.27. The molecule has 0 aliphatic carbocycles. The second-order valence-corrected chi connectivity index (χ2v) is 7.45. The molecule has 0 unspecified atom stereocenters. The second-order valence-electron chi connectivity index (χ2n) is 6.18. The van der Waals surface area contributed by atoms with Gasteiger partial charge in [0.25, 0.3) is 5.91 Å². The van der Waals surface area contributed by atoms with Gasteiger partial charge in [0.15, 0.2) is 5.71 Å². The van der Waals surface area contributed by atoms with Gasteiger partial charge in [0.2, 0.25) is 4.80 Å². The Hall–Kier alpha value is -2.96. The molecule has 0 atom stereocenters. The van der Waals surface area contributed by atoms with Crippen molar-refractivity contribution >= 4 is 40.2 Å². The monoisotopic (exact) mass is 408 g/mol. The number of amides is 1. The molecule has 5 nitrogen and oxygen atoms in total. The smallest absolute Gasteiger partial charge is 0.279 e. The Morgan fingerprint density at radius 3 is 2.68 bits per heavy atom. The highest BCUT2D eigenvalue weighted by molar-refractivity contribution is 7.07. The van der Waals surface area contributed by atoms with Gasteiger partial charge in [0, 0.05) is 28.6 Å².